The highest BCUT2D eigenvalue weighted by molar-refractivity contribution is 5.97. The van der Waals surface area contributed by atoms with E-state index in [1.54, 1.807) is 0 Å². The Kier molecular flexibility index (Phi) is 2.44. The minimum atomic E-state index is -1.09. The zero-order chi connectivity index (χ0) is 11.7. The molecule has 0 fully saturated rings. The maximum atomic E-state index is 13.4. The number of aromatic nitrogens is 1. The number of carboxylic acids is 1. The molecule has 1 aromatic heterocycles. The number of rotatable bonds is 2. The predicted molar refractivity (Wildman–Crippen MR) is 55.2 cm³/mol. The summed E-state index contributed by atoms with van der Waals surface area (Å²) < 4.78 is 18.4. The van der Waals surface area contributed by atoms with Crippen LogP contribution in [0.15, 0.2) is 24.4 Å². The van der Waals surface area contributed by atoms with Gasteiger partial charge in [0.15, 0.2) is 0 Å². The molecule has 1 N–H and O–H groups in total. The molecule has 0 aliphatic carbocycles. The van der Waals surface area contributed by atoms with Crippen molar-refractivity contribution in [2.45, 2.75) is 0 Å². The topological polar surface area (TPSA) is 59.4 Å². The lowest BCUT2D eigenvalue weighted by molar-refractivity contribution is 0.0696. The standard InChI is InChI=1S/C11H8FNO3/c1-16-8-5-7(11(14)15)4-6-2-3-13-10(12)9(6)8/h2-5H,1H3,(H,14,15). The minimum Gasteiger partial charge on any atom is -0.496 e. The molecule has 1 heterocycles. The van der Waals surface area contributed by atoms with Crippen LogP contribution in [0.3, 0.4) is 0 Å². The van der Waals surface area contributed by atoms with Gasteiger partial charge in [0, 0.05) is 6.20 Å². The van der Waals surface area contributed by atoms with E-state index in [4.69, 9.17) is 9.84 Å². The fourth-order valence-corrected chi connectivity index (χ4v) is 1.52. The van der Waals surface area contributed by atoms with Crippen LogP contribution in [0.2, 0.25) is 0 Å². The zero-order valence-corrected chi connectivity index (χ0v) is 8.40. The van der Waals surface area contributed by atoms with E-state index in [1.165, 1.54) is 31.5 Å². The first-order chi connectivity index (χ1) is 7.63. The monoisotopic (exact) mass is 221 g/mol. The Morgan fingerprint density at radius 2 is 2.25 bits per heavy atom. The molecule has 82 valence electrons. The van der Waals surface area contributed by atoms with E-state index in [0.717, 1.165) is 0 Å². The molecule has 0 radical (unpaired) electrons. The summed E-state index contributed by atoms with van der Waals surface area (Å²) in [6.45, 7) is 0. The molecule has 0 spiro atoms. The molecule has 0 aliphatic rings. The predicted octanol–water partition coefficient (Wildman–Crippen LogP) is 2.08. The maximum Gasteiger partial charge on any atom is 0.335 e. The quantitative estimate of drug-likeness (QED) is 0.789. The molecular formula is C11H8FNO3. The third-order valence-electron chi connectivity index (χ3n) is 2.25. The van der Waals surface area contributed by atoms with Crippen LogP contribution in [0.1, 0.15) is 10.4 Å². The van der Waals surface area contributed by atoms with E-state index < -0.39 is 11.9 Å². The Balaban J connectivity index is 2.84. The average Bonchev–Trinajstić information content (AvgIpc) is 2.27. The van der Waals surface area contributed by atoms with Crippen LogP contribution < -0.4 is 4.74 Å². The lowest BCUT2D eigenvalue weighted by Crippen LogP contribution is -1.99. The van der Waals surface area contributed by atoms with Crippen LogP contribution >= 0.6 is 0 Å². The van der Waals surface area contributed by atoms with Crippen molar-refractivity contribution in [1.82, 2.24) is 4.98 Å². The van der Waals surface area contributed by atoms with Crippen molar-refractivity contribution in [2.24, 2.45) is 0 Å². The second-order valence-electron chi connectivity index (χ2n) is 3.18. The van der Waals surface area contributed by atoms with Crippen molar-refractivity contribution >= 4 is 16.7 Å². The smallest absolute Gasteiger partial charge is 0.335 e. The van der Waals surface area contributed by atoms with Gasteiger partial charge in [-0.05, 0) is 23.6 Å². The summed E-state index contributed by atoms with van der Waals surface area (Å²) in [5.74, 6) is -1.59. The molecule has 0 aliphatic heterocycles. The number of hydrogen-bond acceptors (Lipinski definition) is 3. The normalized spacial score (nSPS) is 10.4. The SMILES string of the molecule is COc1cc(C(=O)O)cc2ccnc(F)c12. The molecule has 5 heteroatoms. The number of pyridine rings is 1. The summed E-state index contributed by atoms with van der Waals surface area (Å²) in [4.78, 5) is 14.3. The molecular weight excluding hydrogens is 213 g/mol. The summed E-state index contributed by atoms with van der Waals surface area (Å²) in [5, 5.41) is 9.51. The molecule has 0 saturated carbocycles. The Morgan fingerprint density at radius 3 is 2.88 bits per heavy atom. The largest absolute Gasteiger partial charge is 0.496 e. The second kappa shape index (κ2) is 3.77. The highest BCUT2D eigenvalue weighted by Gasteiger charge is 2.13. The van der Waals surface area contributed by atoms with Gasteiger partial charge in [-0.3, -0.25) is 0 Å². The summed E-state index contributed by atoms with van der Waals surface area (Å²) in [7, 11) is 1.35. The van der Waals surface area contributed by atoms with Crippen molar-refractivity contribution in [3.05, 3.63) is 35.9 Å². The van der Waals surface area contributed by atoms with Crippen molar-refractivity contribution in [3.63, 3.8) is 0 Å². The first-order valence-corrected chi connectivity index (χ1v) is 4.49. The number of benzene rings is 1. The molecule has 4 nitrogen and oxygen atoms in total. The van der Waals surface area contributed by atoms with Gasteiger partial charge in [-0.2, -0.15) is 4.39 Å². The third-order valence-corrected chi connectivity index (χ3v) is 2.25. The zero-order valence-electron chi connectivity index (χ0n) is 8.40. The van der Waals surface area contributed by atoms with E-state index in [2.05, 4.69) is 4.98 Å². The first-order valence-electron chi connectivity index (χ1n) is 4.49. The maximum absolute atomic E-state index is 13.4. The van der Waals surface area contributed by atoms with E-state index in [1.807, 2.05) is 0 Å². The van der Waals surface area contributed by atoms with Crippen molar-refractivity contribution < 1.29 is 19.0 Å². The molecule has 16 heavy (non-hydrogen) atoms. The van der Waals surface area contributed by atoms with Gasteiger partial charge in [0.2, 0.25) is 5.95 Å². The van der Waals surface area contributed by atoms with E-state index in [0.29, 0.717) is 5.39 Å². The van der Waals surface area contributed by atoms with Crippen molar-refractivity contribution in [3.8, 4) is 5.75 Å². The summed E-state index contributed by atoms with van der Waals surface area (Å²) in [5.41, 5.74) is 0.0509. The molecule has 2 rings (SSSR count). The Morgan fingerprint density at radius 1 is 1.50 bits per heavy atom. The van der Waals surface area contributed by atoms with Gasteiger partial charge in [0.25, 0.3) is 0 Å². The van der Waals surface area contributed by atoms with Gasteiger partial charge in [-0.15, -0.1) is 0 Å². The molecule has 2 aromatic rings. The molecule has 0 saturated heterocycles. The molecule has 0 amide bonds. The van der Waals surface area contributed by atoms with Crippen LogP contribution in [0.4, 0.5) is 4.39 Å². The fraction of sp³-hybridized carbons (Fsp3) is 0.0909. The lowest BCUT2D eigenvalue weighted by atomic mass is 10.1. The summed E-state index contributed by atoms with van der Waals surface area (Å²) in [6, 6.07) is 4.19. The number of carboxylic acid groups (broad SMARTS) is 1. The van der Waals surface area contributed by atoms with Gasteiger partial charge in [0.1, 0.15) is 5.75 Å². The Bertz CT molecular complexity index is 568. The van der Waals surface area contributed by atoms with Crippen molar-refractivity contribution in [1.29, 1.82) is 0 Å². The Hall–Kier alpha value is -2.17. The fourth-order valence-electron chi connectivity index (χ4n) is 1.52. The summed E-state index contributed by atoms with van der Waals surface area (Å²) in [6.07, 6.45) is 1.28. The van der Waals surface area contributed by atoms with Gasteiger partial charge < -0.3 is 9.84 Å². The summed E-state index contributed by atoms with van der Waals surface area (Å²) >= 11 is 0. The minimum absolute atomic E-state index is 0.0509. The number of nitrogens with zero attached hydrogens (tertiary/aromatic N) is 1. The van der Waals surface area contributed by atoms with Crippen LogP contribution in [0.25, 0.3) is 10.8 Å². The number of fused-ring (bicyclic) bond motifs is 1. The van der Waals surface area contributed by atoms with Crippen LogP contribution in [0.5, 0.6) is 5.75 Å². The Labute approximate surface area is 90.3 Å². The van der Waals surface area contributed by atoms with Gasteiger partial charge >= 0.3 is 5.97 Å². The number of carbonyl (C=O) groups is 1. The van der Waals surface area contributed by atoms with E-state index in [-0.39, 0.29) is 16.7 Å². The highest BCUT2D eigenvalue weighted by Crippen LogP contribution is 2.28. The number of aromatic carboxylic acids is 1. The van der Waals surface area contributed by atoms with Crippen LogP contribution in [-0.4, -0.2) is 23.2 Å². The van der Waals surface area contributed by atoms with Crippen LogP contribution in [0, 0.1) is 5.95 Å². The molecule has 0 unspecified atom stereocenters. The van der Waals surface area contributed by atoms with Gasteiger partial charge in [-0.25, -0.2) is 9.78 Å². The van der Waals surface area contributed by atoms with Gasteiger partial charge in [-0.1, -0.05) is 0 Å². The number of halogens is 1. The number of methoxy groups -OCH3 is 1. The van der Waals surface area contributed by atoms with Gasteiger partial charge in [0.05, 0.1) is 18.1 Å². The van der Waals surface area contributed by atoms with Crippen molar-refractivity contribution in [2.75, 3.05) is 7.11 Å². The second-order valence-corrected chi connectivity index (χ2v) is 3.18. The number of ether oxygens (including phenoxy) is 1. The third kappa shape index (κ3) is 1.56. The molecule has 0 atom stereocenters. The average molecular weight is 221 g/mol. The first kappa shape index (κ1) is 10.4. The van der Waals surface area contributed by atoms with E-state index >= 15 is 0 Å². The highest BCUT2D eigenvalue weighted by atomic mass is 19.1. The van der Waals surface area contributed by atoms with E-state index in [9.17, 15) is 9.18 Å². The number of hydrogen-bond donors (Lipinski definition) is 1. The van der Waals surface area contributed by atoms with Crippen LogP contribution in [-0.2, 0) is 0 Å². The molecule has 1 aromatic carbocycles. The lowest BCUT2D eigenvalue weighted by Gasteiger charge is -2.07. The molecule has 0 bridgehead atoms.